The lowest BCUT2D eigenvalue weighted by Gasteiger charge is -2.30. The Bertz CT molecular complexity index is 1060. The van der Waals surface area contributed by atoms with Crippen LogP contribution in [0.1, 0.15) is 32.6 Å². The minimum atomic E-state index is -0.849. The van der Waals surface area contributed by atoms with Gasteiger partial charge in [-0.2, -0.15) is 0 Å². The van der Waals surface area contributed by atoms with Crippen LogP contribution in [0.4, 0.5) is 5.69 Å². The maximum absolute atomic E-state index is 13.3. The molecule has 1 unspecified atom stereocenters. The van der Waals surface area contributed by atoms with Crippen LogP contribution in [0.3, 0.4) is 0 Å². The number of primary amides is 1. The van der Waals surface area contributed by atoms with Gasteiger partial charge in [-0.15, -0.1) is 0 Å². The normalized spacial score (nSPS) is 18.0. The Morgan fingerprint density at radius 3 is 2.41 bits per heavy atom. The number of benzene rings is 3. The molecule has 1 aliphatic heterocycles. The first-order valence-electron chi connectivity index (χ1n) is 8.88. The highest BCUT2D eigenvalue weighted by molar-refractivity contribution is 6.09. The summed E-state index contributed by atoms with van der Waals surface area (Å²) in [5.41, 5.74) is 9.73. The van der Waals surface area contributed by atoms with E-state index in [9.17, 15) is 9.59 Å². The van der Waals surface area contributed by atoms with Gasteiger partial charge in [0.2, 0.25) is 11.8 Å². The fourth-order valence-corrected chi connectivity index (χ4v) is 4.05. The van der Waals surface area contributed by atoms with E-state index in [-0.39, 0.29) is 5.91 Å². The zero-order valence-electron chi connectivity index (χ0n) is 15.0. The molecule has 3 aromatic carbocycles. The highest BCUT2D eigenvalue weighted by Gasteiger charge is 2.48. The fourth-order valence-electron chi connectivity index (χ4n) is 4.05. The van der Waals surface area contributed by atoms with Gasteiger partial charge in [0.25, 0.3) is 0 Å². The molecule has 0 aromatic heterocycles. The van der Waals surface area contributed by atoms with Crippen LogP contribution < -0.4 is 11.1 Å². The summed E-state index contributed by atoms with van der Waals surface area (Å²) < 4.78 is 0. The number of carbonyl (C=O) groups is 2. The molecule has 0 aliphatic carbocycles. The van der Waals surface area contributed by atoms with E-state index in [1.807, 2.05) is 61.5 Å². The Balaban J connectivity index is 1.94. The zero-order valence-corrected chi connectivity index (χ0v) is 15.0. The molecule has 27 heavy (non-hydrogen) atoms. The lowest BCUT2D eigenvalue weighted by Crippen LogP contribution is -2.38. The lowest BCUT2D eigenvalue weighted by atomic mass is 9.70. The van der Waals surface area contributed by atoms with Crippen LogP contribution in [-0.2, 0) is 16.6 Å². The number of nitrogens with two attached hydrogens (primary N) is 1. The molecule has 0 saturated heterocycles. The van der Waals surface area contributed by atoms with E-state index in [1.165, 1.54) is 0 Å². The van der Waals surface area contributed by atoms with Gasteiger partial charge in [0.1, 0.15) is 5.41 Å². The summed E-state index contributed by atoms with van der Waals surface area (Å²) in [5, 5.41) is 3.04. The largest absolute Gasteiger partial charge is 0.366 e. The Labute approximate surface area is 158 Å². The monoisotopic (exact) mass is 356 g/mol. The third-order valence-corrected chi connectivity index (χ3v) is 5.31. The van der Waals surface area contributed by atoms with E-state index < -0.39 is 11.3 Å². The SMILES string of the molecule is Cc1ccccc1C1(Cc2cccc(C(N)=O)c2)C(=O)Nc2ccccc21. The number of hydrogen-bond donors (Lipinski definition) is 2. The Hall–Kier alpha value is -3.40. The quantitative estimate of drug-likeness (QED) is 0.750. The first-order valence-corrected chi connectivity index (χ1v) is 8.88. The van der Waals surface area contributed by atoms with Crippen LogP contribution in [-0.4, -0.2) is 11.8 Å². The number of amides is 2. The molecule has 1 aliphatic rings. The third-order valence-electron chi connectivity index (χ3n) is 5.31. The van der Waals surface area contributed by atoms with Crippen molar-refractivity contribution in [3.63, 3.8) is 0 Å². The molecule has 0 bridgehead atoms. The van der Waals surface area contributed by atoms with Gasteiger partial charge < -0.3 is 11.1 Å². The Morgan fingerprint density at radius 2 is 1.67 bits per heavy atom. The molecule has 0 radical (unpaired) electrons. The van der Waals surface area contributed by atoms with E-state index in [2.05, 4.69) is 5.32 Å². The molecule has 0 fully saturated rings. The van der Waals surface area contributed by atoms with Crippen molar-refractivity contribution in [1.82, 2.24) is 0 Å². The third kappa shape index (κ3) is 2.70. The van der Waals surface area contributed by atoms with Gasteiger partial charge in [0.15, 0.2) is 0 Å². The molecular weight excluding hydrogens is 336 g/mol. The molecular formula is C23H20N2O2. The van der Waals surface area contributed by atoms with Crippen molar-refractivity contribution in [1.29, 1.82) is 0 Å². The zero-order chi connectivity index (χ0) is 19.0. The summed E-state index contributed by atoms with van der Waals surface area (Å²) in [5.74, 6) is -0.527. The van der Waals surface area contributed by atoms with Gasteiger partial charge >= 0.3 is 0 Å². The molecule has 2 amide bonds. The summed E-state index contributed by atoms with van der Waals surface area (Å²) in [6.45, 7) is 2.02. The molecule has 3 N–H and O–H groups in total. The van der Waals surface area contributed by atoms with E-state index in [4.69, 9.17) is 5.73 Å². The first-order chi connectivity index (χ1) is 13.0. The van der Waals surface area contributed by atoms with E-state index in [0.29, 0.717) is 12.0 Å². The Kier molecular flexibility index (Phi) is 4.04. The summed E-state index contributed by atoms with van der Waals surface area (Å²) in [6.07, 6.45) is 0.446. The highest BCUT2D eigenvalue weighted by Crippen LogP contribution is 2.46. The van der Waals surface area contributed by atoms with Gasteiger partial charge in [0, 0.05) is 11.3 Å². The van der Waals surface area contributed by atoms with Crippen molar-refractivity contribution in [2.75, 3.05) is 5.32 Å². The van der Waals surface area contributed by atoms with Crippen molar-refractivity contribution in [3.8, 4) is 0 Å². The second-order valence-corrected chi connectivity index (χ2v) is 6.96. The fraction of sp³-hybridized carbons (Fsp3) is 0.130. The smallest absolute Gasteiger partial charge is 0.248 e. The van der Waals surface area contributed by atoms with Crippen LogP contribution in [0, 0.1) is 6.92 Å². The average Bonchev–Trinajstić information content (AvgIpc) is 2.95. The number of anilines is 1. The van der Waals surface area contributed by atoms with Crippen LogP contribution >= 0.6 is 0 Å². The van der Waals surface area contributed by atoms with Crippen LogP contribution in [0.5, 0.6) is 0 Å². The predicted octanol–water partition coefficient (Wildman–Crippen LogP) is 3.57. The van der Waals surface area contributed by atoms with Crippen LogP contribution in [0.2, 0.25) is 0 Å². The first kappa shape index (κ1) is 17.0. The van der Waals surface area contributed by atoms with Gasteiger partial charge in [-0.05, 0) is 53.8 Å². The average molecular weight is 356 g/mol. The minimum Gasteiger partial charge on any atom is -0.366 e. The topological polar surface area (TPSA) is 72.2 Å². The van der Waals surface area contributed by atoms with E-state index in [1.54, 1.807) is 18.2 Å². The number of aryl methyl sites for hydroxylation is 1. The number of carbonyl (C=O) groups excluding carboxylic acids is 2. The van der Waals surface area contributed by atoms with Crippen molar-refractivity contribution < 1.29 is 9.59 Å². The highest BCUT2D eigenvalue weighted by atomic mass is 16.2. The number of hydrogen-bond acceptors (Lipinski definition) is 2. The molecule has 1 atom stereocenters. The number of fused-ring (bicyclic) bond motifs is 1. The summed E-state index contributed by atoms with van der Waals surface area (Å²) >= 11 is 0. The number of nitrogens with one attached hydrogen (secondary N) is 1. The molecule has 1 heterocycles. The molecule has 3 aromatic rings. The van der Waals surface area contributed by atoms with E-state index >= 15 is 0 Å². The second-order valence-electron chi connectivity index (χ2n) is 6.96. The molecule has 4 rings (SSSR count). The van der Waals surface area contributed by atoms with Crippen LogP contribution in [0.25, 0.3) is 0 Å². The van der Waals surface area contributed by atoms with Gasteiger partial charge in [-0.25, -0.2) is 0 Å². The second kappa shape index (κ2) is 6.40. The molecule has 0 saturated carbocycles. The summed E-state index contributed by atoms with van der Waals surface area (Å²) in [7, 11) is 0. The molecule has 134 valence electrons. The summed E-state index contributed by atoms with van der Waals surface area (Å²) in [4.78, 5) is 24.9. The molecule has 4 heteroatoms. The van der Waals surface area contributed by atoms with Crippen molar-refractivity contribution in [2.24, 2.45) is 5.73 Å². The standard InChI is InChI=1S/C23H20N2O2/c1-15-7-2-3-10-18(15)23(14-16-8-6-9-17(13-16)21(24)26)19-11-4-5-12-20(19)25-22(23)27/h2-13H,14H2,1H3,(H2,24,26)(H,25,27). The minimum absolute atomic E-state index is 0.0533. The van der Waals surface area contributed by atoms with Gasteiger partial charge in [-0.1, -0.05) is 54.6 Å². The van der Waals surface area contributed by atoms with Gasteiger partial charge in [0.05, 0.1) is 0 Å². The summed E-state index contributed by atoms with van der Waals surface area (Å²) in [6, 6.07) is 22.9. The number of rotatable bonds is 4. The molecule has 0 spiro atoms. The lowest BCUT2D eigenvalue weighted by molar-refractivity contribution is -0.119. The maximum atomic E-state index is 13.3. The van der Waals surface area contributed by atoms with Crippen molar-refractivity contribution >= 4 is 17.5 Å². The molecule has 4 nitrogen and oxygen atoms in total. The van der Waals surface area contributed by atoms with Crippen LogP contribution in [0.15, 0.2) is 72.8 Å². The predicted molar refractivity (Wildman–Crippen MR) is 106 cm³/mol. The maximum Gasteiger partial charge on any atom is 0.248 e. The van der Waals surface area contributed by atoms with Crippen molar-refractivity contribution in [2.45, 2.75) is 18.8 Å². The number of para-hydroxylation sites is 1. The van der Waals surface area contributed by atoms with E-state index in [0.717, 1.165) is 27.9 Å². The van der Waals surface area contributed by atoms with Gasteiger partial charge in [-0.3, -0.25) is 9.59 Å². The Morgan fingerprint density at radius 1 is 0.963 bits per heavy atom. The van der Waals surface area contributed by atoms with Crippen molar-refractivity contribution in [3.05, 3.63) is 101 Å².